The highest BCUT2D eigenvalue weighted by Gasteiger charge is 2.28. The van der Waals surface area contributed by atoms with E-state index < -0.39 is 0 Å². The van der Waals surface area contributed by atoms with Gasteiger partial charge < -0.3 is 4.90 Å². The number of amides is 1. The Morgan fingerprint density at radius 1 is 1.25 bits per heavy atom. The second-order valence-electron chi connectivity index (χ2n) is 5.98. The first-order valence-electron chi connectivity index (χ1n) is 8.22. The summed E-state index contributed by atoms with van der Waals surface area (Å²) in [5.41, 5.74) is 1.16. The molecule has 126 valence electrons. The van der Waals surface area contributed by atoms with Crippen LogP contribution in [0.1, 0.15) is 26.2 Å². The number of hydrogen-bond acceptors (Lipinski definition) is 3. The van der Waals surface area contributed by atoms with Crippen molar-refractivity contribution in [3.8, 4) is 11.3 Å². The number of benzene rings is 1. The van der Waals surface area contributed by atoms with Crippen molar-refractivity contribution >= 4 is 5.91 Å². The Kier molecular flexibility index (Phi) is 4.74. The molecule has 3 rings (SSSR count). The summed E-state index contributed by atoms with van der Waals surface area (Å²) in [5, 5.41) is 4.40. The predicted molar refractivity (Wildman–Crippen MR) is 88.9 cm³/mol. The molecule has 2 aromatic rings. The minimum absolute atomic E-state index is 0.00566. The van der Waals surface area contributed by atoms with Crippen molar-refractivity contribution in [1.82, 2.24) is 14.7 Å². The molecular formula is C18H20FN3O2. The Balaban J connectivity index is 1.85. The lowest BCUT2D eigenvalue weighted by atomic mass is 10.1. The third kappa shape index (κ3) is 3.37. The number of carbonyl (C=O) groups is 1. The van der Waals surface area contributed by atoms with E-state index in [0.29, 0.717) is 18.7 Å². The van der Waals surface area contributed by atoms with Crippen molar-refractivity contribution in [2.45, 2.75) is 38.8 Å². The molecule has 0 N–H and O–H groups in total. The molecule has 6 heteroatoms. The molecule has 1 amide bonds. The minimum Gasteiger partial charge on any atom is -0.338 e. The van der Waals surface area contributed by atoms with Crippen LogP contribution in [0.4, 0.5) is 4.39 Å². The van der Waals surface area contributed by atoms with Gasteiger partial charge in [0, 0.05) is 24.6 Å². The lowest BCUT2D eigenvalue weighted by Gasteiger charge is -2.24. The van der Waals surface area contributed by atoms with E-state index in [-0.39, 0.29) is 23.3 Å². The molecule has 1 aromatic heterocycles. The topological polar surface area (TPSA) is 55.2 Å². The number of likely N-dealkylation sites (tertiary alicyclic amines) is 1. The van der Waals surface area contributed by atoms with E-state index in [9.17, 15) is 14.0 Å². The monoisotopic (exact) mass is 329 g/mol. The molecule has 0 radical (unpaired) electrons. The SMILES string of the molecule is CCC(=O)N1CCC[C@H]1Cn1nc(-c2ccc(F)cc2)ccc1=O. The molecule has 0 bridgehead atoms. The Bertz CT molecular complexity index is 786. The molecule has 0 saturated carbocycles. The molecule has 1 atom stereocenters. The van der Waals surface area contributed by atoms with Crippen molar-refractivity contribution < 1.29 is 9.18 Å². The second-order valence-corrected chi connectivity index (χ2v) is 5.98. The first-order chi connectivity index (χ1) is 11.6. The van der Waals surface area contributed by atoms with Crippen LogP contribution in [0.3, 0.4) is 0 Å². The largest absolute Gasteiger partial charge is 0.338 e. The minimum atomic E-state index is -0.313. The Labute approximate surface area is 139 Å². The molecule has 0 aliphatic carbocycles. The summed E-state index contributed by atoms with van der Waals surface area (Å²) >= 11 is 0. The van der Waals surface area contributed by atoms with Crippen molar-refractivity contribution in [2.75, 3.05) is 6.54 Å². The van der Waals surface area contributed by atoms with Gasteiger partial charge in [-0.15, -0.1) is 0 Å². The molecule has 24 heavy (non-hydrogen) atoms. The van der Waals surface area contributed by atoms with Gasteiger partial charge in [-0.1, -0.05) is 6.92 Å². The lowest BCUT2D eigenvalue weighted by molar-refractivity contribution is -0.131. The normalized spacial score (nSPS) is 17.2. The van der Waals surface area contributed by atoms with Crippen LogP contribution in [-0.2, 0) is 11.3 Å². The predicted octanol–water partition coefficient (Wildman–Crippen LogP) is 2.45. The summed E-state index contributed by atoms with van der Waals surface area (Å²) in [6.45, 7) is 2.97. The summed E-state index contributed by atoms with van der Waals surface area (Å²) in [7, 11) is 0. The molecule has 1 fully saturated rings. The smallest absolute Gasteiger partial charge is 0.266 e. The maximum absolute atomic E-state index is 13.1. The fraction of sp³-hybridized carbons (Fsp3) is 0.389. The molecule has 1 aliphatic rings. The van der Waals surface area contributed by atoms with Gasteiger partial charge >= 0.3 is 0 Å². The van der Waals surface area contributed by atoms with E-state index in [0.717, 1.165) is 24.9 Å². The van der Waals surface area contributed by atoms with Crippen LogP contribution in [0, 0.1) is 5.82 Å². The summed E-state index contributed by atoms with van der Waals surface area (Å²) in [5.74, 6) is -0.202. The average molecular weight is 329 g/mol. The summed E-state index contributed by atoms with van der Waals surface area (Å²) in [4.78, 5) is 26.0. The van der Waals surface area contributed by atoms with Crippen molar-refractivity contribution in [2.24, 2.45) is 0 Å². The zero-order valence-corrected chi connectivity index (χ0v) is 13.6. The zero-order valence-electron chi connectivity index (χ0n) is 13.6. The molecule has 1 saturated heterocycles. The maximum atomic E-state index is 13.1. The Morgan fingerprint density at radius 3 is 2.71 bits per heavy atom. The van der Waals surface area contributed by atoms with Gasteiger partial charge in [-0.2, -0.15) is 5.10 Å². The van der Waals surface area contributed by atoms with Crippen LogP contribution in [0.15, 0.2) is 41.2 Å². The van der Waals surface area contributed by atoms with Crippen LogP contribution < -0.4 is 5.56 Å². The van der Waals surface area contributed by atoms with Gasteiger partial charge in [0.1, 0.15) is 5.82 Å². The highest BCUT2D eigenvalue weighted by atomic mass is 19.1. The van der Waals surface area contributed by atoms with E-state index >= 15 is 0 Å². The zero-order chi connectivity index (χ0) is 17.1. The first-order valence-corrected chi connectivity index (χ1v) is 8.22. The van der Waals surface area contributed by atoms with E-state index in [2.05, 4.69) is 5.10 Å². The number of aromatic nitrogens is 2. The average Bonchev–Trinajstić information content (AvgIpc) is 3.05. The Morgan fingerprint density at radius 2 is 2.00 bits per heavy atom. The number of halogens is 1. The van der Waals surface area contributed by atoms with Crippen molar-refractivity contribution in [3.63, 3.8) is 0 Å². The summed E-state index contributed by atoms with van der Waals surface area (Å²) in [6, 6.07) is 9.11. The third-order valence-electron chi connectivity index (χ3n) is 4.39. The van der Waals surface area contributed by atoms with Gasteiger partial charge in [-0.05, 0) is 43.2 Å². The maximum Gasteiger partial charge on any atom is 0.266 e. The van der Waals surface area contributed by atoms with E-state index in [1.54, 1.807) is 18.2 Å². The molecule has 0 unspecified atom stereocenters. The number of nitrogens with zero attached hydrogens (tertiary/aromatic N) is 3. The van der Waals surface area contributed by atoms with E-state index in [1.807, 2.05) is 11.8 Å². The Hall–Kier alpha value is -2.50. The van der Waals surface area contributed by atoms with Gasteiger partial charge in [0.25, 0.3) is 5.56 Å². The fourth-order valence-corrected chi connectivity index (χ4v) is 3.11. The third-order valence-corrected chi connectivity index (χ3v) is 4.39. The molecule has 5 nitrogen and oxygen atoms in total. The molecule has 1 aliphatic heterocycles. The van der Waals surface area contributed by atoms with Crippen LogP contribution in [0.25, 0.3) is 11.3 Å². The van der Waals surface area contributed by atoms with Gasteiger partial charge in [0.05, 0.1) is 18.3 Å². The van der Waals surface area contributed by atoms with Gasteiger partial charge in [0.2, 0.25) is 5.91 Å². The number of hydrogen-bond donors (Lipinski definition) is 0. The van der Waals surface area contributed by atoms with E-state index in [4.69, 9.17) is 0 Å². The molecule has 2 heterocycles. The molecule has 1 aromatic carbocycles. The van der Waals surface area contributed by atoms with Crippen LogP contribution in [0.2, 0.25) is 0 Å². The van der Waals surface area contributed by atoms with Gasteiger partial charge in [0.15, 0.2) is 0 Å². The summed E-state index contributed by atoms with van der Waals surface area (Å²) in [6.07, 6.45) is 2.29. The van der Waals surface area contributed by atoms with Crippen molar-refractivity contribution in [1.29, 1.82) is 0 Å². The lowest BCUT2D eigenvalue weighted by Crippen LogP contribution is -2.40. The highest BCUT2D eigenvalue weighted by molar-refractivity contribution is 5.76. The quantitative estimate of drug-likeness (QED) is 0.866. The first kappa shape index (κ1) is 16.4. The highest BCUT2D eigenvalue weighted by Crippen LogP contribution is 2.20. The van der Waals surface area contributed by atoms with E-state index in [1.165, 1.54) is 22.9 Å². The standard InChI is InChI=1S/C18H20FN3O2/c1-2-17(23)21-11-3-4-15(21)12-22-18(24)10-9-16(20-22)13-5-7-14(19)8-6-13/h5-10,15H,2-4,11-12H2,1H3/t15-/m0/s1. The van der Waals surface area contributed by atoms with Gasteiger partial charge in [-0.25, -0.2) is 9.07 Å². The fourth-order valence-electron chi connectivity index (χ4n) is 3.11. The molecular weight excluding hydrogens is 309 g/mol. The summed E-state index contributed by atoms with van der Waals surface area (Å²) < 4.78 is 14.5. The van der Waals surface area contributed by atoms with Crippen LogP contribution in [0.5, 0.6) is 0 Å². The van der Waals surface area contributed by atoms with Crippen LogP contribution in [-0.4, -0.2) is 33.2 Å². The molecule has 0 spiro atoms. The van der Waals surface area contributed by atoms with Gasteiger partial charge in [-0.3, -0.25) is 9.59 Å². The van der Waals surface area contributed by atoms with Crippen LogP contribution >= 0.6 is 0 Å². The number of rotatable bonds is 4. The second kappa shape index (κ2) is 6.95. The number of carbonyl (C=O) groups excluding carboxylic acids is 1. The van der Waals surface area contributed by atoms with Crippen molar-refractivity contribution in [3.05, 3.63) is 52.6 Å².